The molecule has 27 heavy (non-hydrogen) atoms. The first-order chi connectivity index (χ1) is 12.9. The number of hydrogen-bond acceptors (Lipinski definition) is 5. The summed E-state index contributed by atoms with van der Waals surface area (Å²) in [5.74, 6) is 0.615. The molecule has 0 aliphatic rings. The SMILES string of the molecule is COc1ccc(C(=O)NC(C)C(=O)NN=Cc2ccc(C)c(OC)c2)cc1. The number of methoxy groups -OCH3 is 2. The Labute approximate surface area is 158 Å². The van der Waals surface area contributed by atoms with Gasteiger partial charge in [-0.15, -0.1) is 0 Å². The number of carbonyl (C=O) groups is 2. The van der Waals surface area contributed by atoms with Crippen LogP contribution in [0.4, 0.5) is 0 Å². The molecule has 7 heteroatoms. The summed E-state index contributed by atoms with van der Waals surface area (Å²) >= 11 is 0. The van der Waals surface area contributed by atoms with Crippen LogP contribution in [0.2, 0.25) is 0 Å². The fraction of sp³-hybridized carbons (Fsp3) is 0.250. The van der Waals surface area contributed by atoms with Crippen molar-refractivity contribution in [1.82, 2.24) is 10.7 Å². The molecule has 1 unspecified atom stereocenters. The van der Waals surface area contributed by atoms with E-state index in [1.165, 1.54) is 6.21 Å². The lowest BCUT2D eigenvalue weighted by Crippen LogP contribution is -2.43. The van der Waals surface area contributed by atoms with Crippen molar-refractivity contribution in [3.63, 3.8) is 0 Å². The van der Waals surface area contributed by atoms with Crippen LogP contribution in [-0.4, -0.2) is 38.3 Å². The molecule has 2 aromatic rings. The number of nitrogens with zero attached hydrogens (tertiary/aromatic N) is 1. The minimum absolute atomic E-state index is 0.354. The molecule has 1 atom stereocenters. The molecular formula is C20H23N3O4. The number of amides is 2. The van der Waals surface area contributed by atoms with Crippen LogP contribution >= 0.6 is 0 Å². The van der Waals surface area contributed by atoms with E-state index < -0.39 is 11.9 Å². The highest BCUT2D eigenvalue weighted by molar-refractivity contribution is 5.97. The van der Waals surface area contributed by atoms with Crippen LogP contribution in [-0.2, 0) is 4.79 Å². The molecule has 0 aliphatic carbocycles. The van der Waals surface area contributed by atoms with Crippen LogP contribution in [0.1, 0.15) is 28.4 Å². The van der Waals surface area contributed by atoms with Gasteiger partial charge in [-0.25, -0.2) is 5.43 Å². The number of rotatable bonds is 7. The van der Waals surface area contributed by atoms with E-state index in [-0.39, 0.29) is 5.91 Å². The van der Waals surface area contributed by atoms with Gasteiger partial charge in [-0.05, 0) is 55.3 Å². The average molecular weight is 369 g/mol. The standard InChI is InChI=1S/C20H23N3O4/c1-13-5-6-15(11-18(13)27-4)12-21-23-19(24)14(2)22-20(25)16-7-9-17(26-3)10-8-16/h5-12,14H,1-4H3,(H,22,25)(H,23,24). The summed E-state index contributed by atoms with van der Waals surface area (Å²) in [6.07, 6.45) is 1.51. The maximum absolute atomic E-state index is 12.2. The van der Waals surface area contributed by atoms with Gasteiger partial charge in [0, 0.05) is 5.56 Å². The normalized spacial score (nSPS) is 11.7. The highest BCUT2D eigenvalue weighted by Gasteiger charge is 2.16. The molecule has 0 saturated carbocycles. The fourth-order valence-corrected chi connectivity index (χ4v) is 2.27. The van der Waals surface area contributed by atoms with E-state index in [1.807, 2.05) is 25.1 Å². The summed E-state index contributed by atoms with van der Waals surface area (Å²) in [4.78, 5) is 24.3. The van der Waals surface area contributed by atoms with Crippen molar-refractivity contribution >= 4 is 18.0 Å². The van der Waals surface area contributed by atoms with Crippen molar-refractivity contribution < 1.29 is 19.1 Å². The Morgan fingerprint density at radius 3 is 2.41 bits per heavy atom. The Kier molecular flexibility index (Phi) is 6.93. The zero-order chi connectivity index (χ0) is 19.8. The first-order valence-corrected chi connectivity index (χ1v) is 8.37. The third-order valence-corrected chi connectivity index (χ3v) is 3.91. The third-order valence-electron chi connectivity index (χ3n) is 3.91. The summed E-state index contributed by atoms with van der Waals surface area (Å²) in [5, 5.41) is 6.54. The lowest BCUT2D eigenvalue weighted by atomic mass is 10.1. The van der Waals surface area contributed by atoms with Gasteiger partial charge in [0.25, 0.3) is 11.8 Å². The summed E-state index contributed by atoms with van der Waals surface area (Å²) < 4.78 is 10.3. The molecule has 2 aromatic carbocycles. The molecule has 142 valence electrons. The number of nitrogens with one attached hydrogen (secondary N) is 2. The molecule has 0 spiro atoms. The Bertz CT molecular complexity index is 832. The predicted octanol–water partition coefficient (Wildman–Crippen LogP) is 2.28. The van der Waals surface area contributed by atoms with Gasteiger partial charge in [0.05, 0.1) is 20.4 Å². The van der Waals surface area contributed by atoms with Crippen molar-refractivity contribution in [2.75, 3.05) is 14.2 Å². The number of benzene rings is 2. The van der Waals surface area contributed by atoms with Gasteiger partial charge in [0.1, 0.15) is 17.5 Å². The zero-order valence-electron chi connectivity index (χ0n) is 15.8. The Morgan fingerprint density at radius 2 is 1.78 bits per heavy atom. The first kappa shape index (κ1) is 20.0. The van der Waals surface area contributed by atoms with E-state index in [9.17, 15) is 9.59 Å². The number of carbonyl (C=O) groups excluding carboxylic acids is 2. The molecule has 0 radical (unpaired) electrons. The molecule has 7 nitrogen and oxygen atoms in total. The Hall–Kier alpha value is -3.35. The maximum Gasteiger partial charge on any atom is 0.262 e. The minimum atomic E-state index is -0.746. The molecule has 2 N–H and O–H groups in total. The topological polar surface area (TPSA) is 89.0 Å². The molecule has 0 heterocycles. The van der Waals surface area contributed by atoms with Crippen LogP contribution in [0.25, 0.3) is 0 Å². The van der Waals surface area contributed by atoms with Gasteiger partial charge in [-0.2, -0.15) is 5.10 Å². The monoisotopic (exact) mass is 369 g/mol. The highest BCUT2D eigenvalue weighted by Crippen LogP contribution is 2.17. The summed E-state index contributed by atoms with van der Waals surface area (Å²) in [6.45, 7) is 3.52. The van der Waals surface area contributed by atoms with Crippen LogP contribution in [0, 0.1) is 6.92 Å². The van der Waals surface area contributed by atoms with Gasteiger partial charge in [0.15, 0.2) is 0 Å². The average Bonchev–Trinajstić information content (AvgIpc) is 2.69. The van der Waals surface area contributed by atoms with E-state index in [0.29, 0.717) is 11.3 Å². The summed E-state index contributed by atoms with van der Waals surface area (Å²) in [6, 6.07) is 11.5. The van der Waals surface area contributed by atoms with Crippen molar-refractivity contribution in [3.05, 3.63) is 59.2 Å². The molecule has 0 aliphatic heterocycles. The van der Waals surface area contributed by atoms with E-state index in [1.54, 1.807) is 45.4 Å². The van der Waals surface area contributed by atoms with Gasteiger partial charge in [-0.3, -0.25) is 9.59 Å². The second-order valence-electron chi connectivity index (χ2n) is 5.89. The molecule has 0 aromatic heterocycles. The van der Waals surface area contributed by atoms with E-state index in [0.717, 1.165) is 16.9 Å². The largest absolute Gasteiger partial charge is 0.497 e. The van der Waals surface area contributed by atoms with Crippen molar-refractivity contribution in [1.29, 1.82) is 0 Å². The minimum Gasteiger partial charge on any atom is -0.497 e. The molecule has 0 bridgehead atoms. The smallest absolute Gasteiger partial charge is 0.262 e. The number of hydrazone groups is 1. The fourth-order valence-electron chi connectivity index (χ4n) is 2.27. The Balaban J connectivity index is 1.90. The molecule has 0 fully saturated rings. The summed E-state index contributed by atoms with van der Waals surface area (Å²) in [7, 11) is 3.15. The van der Waals surface area contributed by atoms with Crippen LogP contribution in [0.5, 0.6) is 11.5 Å². The second-order valence-corrected chi connectivity index (χ2v) is 5.89. The van der Waals surface area contributed by atoms with Crippen molar-refractivity contribution in [2.24, 2.45) is 5.10 Å². The molecule has 2 rings (SSSR count). The van der Waals surface area contributed by atoms with Gasteiger partial charge < -0.3 is 14.8 Å². The first-order valence-electron chi connectivity index (χ1n) is 8.37. The van der Waals surface area contributed by atoms with Gasteiger partial charge in [-0.1, -0.05) is 12.1 Å². The second kappa shape index (κ2) is 9.38. The molecular weight excluding hydrogens is 346 g/mol. The van der Waals surface area contributed by atoms with Crippen LogP contribution in [0.15, 0.2) is 47.6 Å². The van der Waals surface area contributed by atoms with E-state index in [2.05, 4.69) is 15.8 Å². The quantitative estimate of drug-likeness (QED) is 0.579. The maximum atomic E-state index is 12.2. The zero-order valence-corrected chi connectivity index (χ0v) is 15.8. The number of aryl methyl sites for hydroxylation is 1. The summed E-state index contributed by atoms with van der Waals surface area (Å²) in [5.41, 5.74) is 4.64. The van der Waals surface area contributed by atoms with Crippen molar-refractivity contribution in [2.45, 2.75) is 19.9 Å². The van der Waals surface area contributed by atoms with Crippen molar-refractivity contribution in [3.8, 4) is 11.5 Å². The lowest BCUT2D eigenvalue weighted by Gasteiger charge is -2.12. The number of ether oxygens (including phenoxy) is 2. The Morgan fingerprint density at radius 1 is 1.07 bits per heavy atom. The predicted molar refractivity (Wildman–Crippen MR) is 103 cm³/mol. The van der Waals surface area contributed by atoms with Gasteiger partial charge >= 0.3 is 0 Å². The number of hydrogen-bond donors (Lipinski definition) is 2. The molecule has 2 amide bonds. The third kappa shape index (κ3) is 5.57. The van der Waals surface area contributed by atoms with Crippen LogP contribution < -0.4 is 20.2 Å². The van der Waals surface area contributed by atoms with E-state index in [4.69, 9.17) is 9.47 Å². The highest BCUT2D eigenvalue weighted by atomic mass is 16.5. The lowest BCUT2D eigenvalue weighted by molar-refractivity contribution is -0.122. The van der Waals surface area contributed by atoms with Crippen LogP contribution in [0.3, 0.4) is 0 Å². The molecule has 0 saturated heterocycles. The van der Waals surface area contributed by atoms with Gasteiger partial charge in [0.2, 0.25) is 0 Å². The van der Waals surface area contributed by atoms with E-state index >= 15 is 0 Å².